The van der Waals surface area contributed by atoms with Crippen LogP contribution in [0.25, 0.3) is 10.9 Å². The molecule has 3 aromatic rings. The molecule has 1 aromatic heterocycles. The number of aromatic nitrogens is 1. The van der Waals surface area contributed by atoms with Crippen molar-refractivity contribution in [3.63, 3.8) is 0 Å². The molecule has 0 unspecified atom stereocenters. The number of nitrogens with two attached hydrogens (primary N) is 1. The molecule has 3 rings (SSSR count). The lowest BCUT2D eigenvalue weighted by molar-refractivity contribution is -0.137. The van der Waals surface area contributed by atoms with Crippen LogP contribution in [0, 0.1) is 0 Å². The number of halogens is 3. The van der Waals surface area contributed by atoms with Crippen molar-refractivity contribution in [3.05, 3.63) is 54.2 Å². The lowest BCUT2D eigenvalue weighted by Gasteiger charge is -2.14. The smallest absolute Gasteiger partial charge is 0.416 e. The largest absolute Gasteiger partial charge is 0.495 e. The Morgan fingerprint density at radius 1 is 1.12 bits per heavy atom. The van der Waals surface area contributed by atoms with Crippen LogP contribution in [0.2, 0.25) is 0 Å². The fraction of sp³-hybridized carbons (Fsp3) is 0.118. The summed E-state index contributed by atoms with van der Waals surface area (Å²) < 4.78 is 44.0. The summed E-state index contributed by atoms with van der Waals surface area (Å²) in [7, 11) is 1.49. The number of alkyl halides is 3. The number of nitrogens with zero attached hydrogens (tertiary/aromatic N) is 1. The van der Waals surface area contributed by atoms with Crippen LogP contribution in [0.1, 0.15) is 5.56 Å². The van der Waals surface area contributed by atoms with Crippen LogP contribution in [-0.2, 0) is 6.18 Å². The summed E-state index contributed by atoms with van der Waals surface area (Å²) in [6, 6.07) is 10.4. The van der Waals surface area contributed by atoms with Gasteiger partial charge in [0.25, 0.3) is 0 Å². The summed E-state index contributed by atoms with van der Waals surface area (Å²) in [4.78, 5) is 5.37. The fourth-order valence-corrected chi connectivity index (χ4v) is 3.42. The van der Waals surface area contributed by atoms with E-state index in [0.29, 0.717) is 26.7 Å². The second-order valence-electron chi connectivity index (χ2n) is 5.02. The van der Waals surface area contributed by atoms with E-state index >= 15 is 0 Å². The Kier molecular flexibility index (Phi) is 4.28. The fourth-order valence-electron chi connectivity index (χ4n) is 2.34. The standard InChI is InChI=1S/C17H13F3N2OS/c1-23-14-9-13(21)15-12(6-3-7-22-15)16(14)24-11-5-2-4-10(8-11)17(18,19)20/h2-9H,21H2,1H3. The Bertz CT molecular complexity index is 897. The molecule has 0 spiro atoms. The van der Waals surface area contributed by atoms with Gasteiger partial charge in [-0.25, -0.2) is 0 Å². The van der Waals surface area contributed by atoms with E-state index < -0.39 is 11.7 Å². The molecule has 0 aliphatic rings. The summed E-state index contributed by atoms with van der Waals surface area (Å²) in [6.45, 7) is 0. The third-order valence-electron chi connectivity index (χ3n) is 3.44. The van der Waals surface area contributed by atoms with Gasteiger partial charge >= 0.3 is 6.18 Å². The molecule has 0 saturated carbocycles. The SMILES string of the molecule is COc1cc(N)c2ncccc2c1Sc1cccc(C(F)(F)F)c1. The van der Waals surface area contributed by atoms with Crippen LogP contribution in [0.4, 0.5) is 18.9 Å². The molecule has 0 atom stereocenters. The highest BCUT2D eigenvalue weighted by molar-refractivity contribution is 7.99. The van der Waals surface area contributed by atoms with Gasteiger partial charge in [0.2, 0.25) is 0 Å². The maximum absolute atomic E-state index is 12.9. The summed E-state index contributed by atoms with van der Waals surface area (Å²) in [6.07, 6.45) is -2.77. The highest BCUT2D eigenvalue weighted by Crippen LogP contribution is 2.43. The second-order valence-corrected chi connectivity index (χ2v) is 6.11. The molecule has 2 aromatic carbocycles. The maximum Gasteiger partial charge on any atom is 0.416 e. The van der Waals surface area contributed by atoms with Gasteiger partial charge in [-0.3, -0.25) is 4.98 Å². The van der Waals surface area contributed by atoms with Crippen molar-refractivity contribution in [2.75, 3.05) is 12.8 Å². The first-order valence-corrected chi connectivity index (χ1v) is 7.78. The van der Waals surface area contributed by atoms with Crippen molar-refractivity contribution in [2.45, 2.75) is 16.0 Å². The Morgan fingerprint density at radius 3 is 2.62 bits per heavy atom. The zero-order valence-electron chi connectivity index (χ0n) is 12.6. The molecule has 24 heavy (non-hydrogen) atoms. The van der Waals surface area contributed by atoms with Crippen molar-refractivity contribution in [1.29, 1.82) is 0 Å². The molecule has 0 aliphatic carbocycles. The van der Waals surface area contributed by atoms with Crippen LogP contribution < -0.4 is 10.5 Å². The average molecular weight is 350 g/mol. The van der Waals surface area contributed by atoms with Crippen LogP contribution in [-0.4, -0.2) is 12.1 Å². The van der Waals surface area contributed by atoms with E-state index in [1.54, 1.807) is 24.4 Å². The Morgan fingerprint density at radius 2 is 1.92 bits per heavy atom. The Balaban J connectivity index is 2.12. The number of methoxy groups -OCH3 is 1. The lowest BCUT2D eigenvalue weighted by Crippen LogP contribution is -2.04. The molecule has 3 nitrogen and oxygen atoms in total. The van der Waals surface area contributed by atoms with Gasteiger partial charge in [-0.1, -0.05) is 17.8 Å². The third kappa shape index (κ3) is 3.12. The first-order valence-electron chi connectivity index (χ1n) is 6.96. The van der Waals surface area contributed by atoms with Crippen molar-refractivity contribution in [3.8, 4) is 5.75 Å². The van der Waals surface area contributed by atoms with E-state index in [1.807, 2.05) is 6.07 Å². The van der Waals surface area contributed by atoms with E-state index in [4.69, 9.17) is 10.5 Å². The molecular formula is C17H13F3N2OS. The highest BCUT2D eigenvalue weighted by Gasteiger charge is 2.30. The zero-order chi connectivity index (χ0) is 17.3. The van der Waals surface area contributed by atoms with E-state index in [9.17, 15) is 13.2 Å². The second kappa shape index (κ2) is 6.24. The number of nitrogen functional groups attached to an aromatic ring is 1. The molecule has 124 valence electrons. The van der Waals surface area contributed by atoms with Gasteiger partial charge in [0, 0.05) is 22.5 Å². The van der Waals surface area contributed by atoms with Gasteiger partial charge in [0.15, 0.2) is 0 Å². The zero-order valence-corrected chi connectivity index (χ0v) is 13.4. The maximum atomic E-state index is 12.9. The minimum absolute atomic E-state index is 0.454. The van der Waals surface area contributed by atoms with Gasteiger partial charge in [-0.05, 0) is 30.3 Å². The molecule has 0 radical (unpaired) electrons. The summed E-state index contributed by atoms with van der Waals surface area (Å²) in [5, 5.41) is 0.733. The summed E-state index contributed by atoms with van der Waals surface area (Å²) >= 11 is 1.19. The average Bonchev–Trinajstić information content (AvgIpc) is 2.57. The lowest BCUT2D eigenvalue weighted by atomic mass is 10.2. The highest BCUT2D eigenvalue weighted by atomic mass is 32.2. The molecule has 0 aliphatic heterocycles. The van der Waals surface area contributed by atoms with E-state index in [2.05, 4.69) is 4.98 Å². The predicted octanol–water partition coefficient (Wildman–Crippen LogP) is 5.00. The van der Waals surface area contributed by atoms with Crippen LogP contribution in [0.5, 0.6) is 5.75 Å². The molecular weight excluding hydrogens is 337 g/mol. The quantitative estimate of drug-likeness (QED) is 0.676. The van der Waals surface area contributed by atoms with Crippen LogP contribution in [0.15, 0.2) is 58.5 Å². The molecule has 1 heterocycles. The number of rotatable bonds is 3. The van der Waals surface area contributed by atoms with E-state index in [1.165, 1.54) is 24.9 Å². The minimum atomic E-state index is -4.38. The first kappa shape index (κ1) is 16.4. The normalized spacial score (nSPS) is 11.7. The van der Waals surface area contributed by atoms with Gasteiger partial charge in [-0.15, -0.1) is 0 Å². The van der Waals surface area contributed by atoms with Crippen LogP contribution in [0.3, 0.4) is 0 Å². The summed E-state index contributed by atoms with van der Waals surface area (Å²) in [5.41, 5.74) is 6.33. The van der Waals surface area contributed by atoms with Crippen molar-refractivity contribution in [2.24, 2.45) is 0 Å². The van der Waals surface area contributed by atoms with Gasteiger partial charge in [0.1, 0.15) is 5.75 Å². The van der Waals surface area contributed by atoms with Gasteiger partial charge in [-0.2, -0.15) is 13.2 Å². The van der Waals surface area contributed by atoms with Crippen LogP contribution >= 0.6 is 11.8 Å². The van der Waals surface area contributed by atoms with Crippen molar-refractivity contribution < 1.29 is 17.9 Å². The van der Waals surface area contributed by atoms with Gasteiger partial charge < -0.3 is 10.5 Å². The first-order chi connectivity index (χ1) is 11.4. The molecule has 0 amide bonds. The number of benzene rings is 2. The number of pyridine rings is 1. The summed E-state index contributed by atoms with van der Waals surface area (Å²) in [5.74, 6) is 0.496. The molecule has 2 N–H and O–H groups in total. The predicted molar refractivity (Wildman–Crippen MR) is 88.3 cm³/mol. The monoisotopic (exact) mass is 350 g/mol. The number of hydrogen-bond acceptors (Lipinski definition) is 4. The number of anilines is 1. The topological polar surface area (TPSA) is 48.1 Å². The number of fused-ring (bicyclic) bond motifs is 1. The molecule has 7 heteroatoms. The Labute approximate surface area is 140 Å². The van der Waals surface area contributed by atoms with E-state index in [-0.39, 0.29) is 0 Å². The number of ether oxygens (including phenoxy) is 1. The molecule has 0 fully saturated rings. The molecule has 0 saturated heterocycles. The molecule has 0 bridgehead atoms. The van der Waals surface area contributed by atoms with Crippen molar-refractivity contribution in [1.82, 2.24) is 4.98 Å². The number of hydrogen-bond donors (Lipinski definition) is 1. The van der Waals surface area contributed by atoms with Gasteiger partial charge in [0.05, 0.1) is 28.8 Å². The van der Waals surface area contributed by atoms with Crippen molar-refractivity contribution >= 4 is 28.4 Å². The Hall–Kier alpha value is -2.41. The third-order valence-corrected chi connectivity index (χ3v) is 4.55. The minimum Gasteiger partial charge on any atom is -0.495 e. The van der Waals surface area contributed by atoms with E-state index in [0.717, 1.165) is 17.5 Å².